The smallest absolute Gasteiger partial charge is 0.309 e. The summed E-state index contributed by atoms with van der Waals surface area (Å²) in [7, 11) is 0. The minimum Gasteiger partial charge on any atom is -0.481 e. The molecule has 1 saturated carbocycles. The van der Waals surface area contributed by atoms with Crippen LogP contribution in [0.15, 0.2) is 42.5 Å². The number of unbranched alkanes of at least 4 members (excludes halogenated alkanes) is 2. The number of allylic oxidation sites excluding steroid dienone is 2. The van der Waals surface area contributed by atoms with Gasteiger partial charge in [0, 0.05) is 0 Å². The topological polar surface area (TPSA) is 83.5 Å². The van der Waals surface area contributed by atoms with Gasteiger partial charge >= 0.3 is 5.97 Å². The number of rotatable bonds is 17. The number of aliphatic carboxylic acids is 1. The molecule has 0 heterocycles. The van der Waals surface area contributed by atoms with E-state index in [9.17, 15) is 15.0 Å². The van der Waals surface area contributed by atoms with Crippen LogP contribution in [0.25, 0.3) is 0 Å². The monoisotopic (exact) mass is 471 g/mol. The molecule has 0 saturated heterocycles. The molecule has 0 spiro atoms. The molecule has 1 aromatic carbocycles. The van der Waals surface area contributed by atoms with Crippen LogP contribution in [0.2, 0.25) is 0 Å². The summed E-state index contributed by atoms with van der Waals surface area (Å²) >= 11 is 0. The van der Waals surface area contributed by atoms with E-state index >= 15 is 0 Å². The summed E-state index contributed by atoms with van der Waals surface area (Å²) in [6, 6.07) is 10.2. The lowest BCUT2D eigenvalue weighted by atomic mass is 9.72. The molecule has 1 aliphatic rings. The highest BCUT2D eigenvalue weighted by molar-refractivity contribution is 5.71. The molecule has 0 radical (unpaired) electrons. The van der Waals surface area contributed by atoms with Crippen LogP contribution < -0.4 is 5.73 Å². The number of aliphatic hydroxyl groups excluding tert-OH is 1. The summed E-state index contributed by atoms with van der Waals surface area (Å²) < 4.78 is 0. The van der Waals surface area contributed by atoms with Crippen molar-refractivity contribution in [2.24, 2.45) is 29.4 Å². The third-order valence-corrected chi connectivity index (χ3v) is 7.85. The Morgan fingerprint density at radius 2 is 1.74 bits per heavy atom. The van der Waals surface area contributed by atoms with Gasteiger partial charge in [0.2, 0.25) is 0 Å². The van der Waals surface area contributed by atoms with Gasteiger partial charge in [-0.15, -0.1) is 0 Å². The largest absolute Gasteiger partial charge is 0.481 e. The van der Waals surface area contributed by atoms with Gasteiger partial charge in [-0.1, -0.05) is 87.4 Å². The maximum Gasteiger partial charge on any atom is 0.309 e. The van der Waals surface area contributed by atoms with Crippen molar-refractivity contribution >= 4 is 5.97 Å². The van der Waals surface area contributed by atoms with E-state index in [4.69, 9.17) is 5.73 Å². The summed E-state index contributed by atoms with van der Waals surface area (Å²) in [5, 5.41) is 20.2. The molecular formula is C30H49NO3. The number of aliphatic hydroxyl groups is 1. The van der Waals surface area contributed by atoms with E-state index in [1.165, 1.54) is 50.5 Å². The lowest BCUT2D eigenvalue weighted by Gasteiger charge is -2.33. The van der Waals surface area contributed by atoms with Gasteiger partial charge < -0.3 is 15.9 Å². The van der Waals surface area contributed by atoms with Crippen LogP contribution >= 0.6 is 0 Å². The molecule has 0 aliphatic heterocycles. The second-order valence-electron chi connectivity index (χ2n) is 10.5. The average Bonchev–Trinajstić information content (AvgIpc) is 2.83. The van der Waals surface area contributed by atoms with Crippen molar-refractivity contribution in [3.63, 3.8) is 0 Å². The fourth-order valence-corrected chi connectivity index (χ4v) is 5.93. The summed E-state index contributed by atoms with van der Waals surface area (Å²) in [5.41, 5.74) is 7.17. The molecule has 4 N–H and O–H groups in total. The Labute approximate surface area is 208 Å². The van der Waals surface area contributed by atoms with E-state index in [2.05, 4.69) is 24.3 Å². The van der Waals surface area contributed by atoms with Gasteiger partial charge in [0.15, 0.2) is 0 Å². The summed E-state index contributed by atoms with van der Waals surface area (Å²) in [6.45, 7) is 2.17. The molecule has 34 heavy (non-hydrogen) atoms. The third kappa shape index (κ3) is 10.7. The van der Waals surface area contributed by atoms with Crippen LogP contribution in [0.3, 0.4) is 0 Å². The molecule has 0 bridgehead atoms. The highest BCUT2D eigenvalue weighted by atomic mass is 16.4. The summed E-state index contributed by atoms with van der Waals surface area (Å²) in [6.07, 6.45) is 20.2. The Balaban J connectivity index is 1.85. The van der Waals surface area contributed by atoms with Gasteiger partial charge in [-0.2, -0.15) is 0 Å². The van der Waals surface area contributed by atoms with Crippen LogP contribution in [-0.4, -0.2) is 28.8 Å². The van der Waals surface area contributed by atoms with Gasteiger partial charge in [-0.3, -0.25) is 4.79 Å². The third-order valence-electron chi connectivity index (χ3n) is 7.85. The molecule has 192 valence electrons. The number of carboxylic acid groups (broad SMARTS) is 1. The number of aryl methyl sites for hydroxylation is 1. The lowest BCUT2D eigenvalue weighted by molar-refractivity contribution is -0.149. The maximum atomic E-state index is 12.1. The molecular weight excluding hydrogens is 422 g/mol. The van der Waals surface area contributed by atoms with Gasteiger partial charge in [0.25, 0.3) is 0 Å². The van der Waals surface area contributed by atoms with Crippen molar-refractivity contribution < 1.29 is 15.0 Å². The first-order valence-electron chi connectivity index (χ1n) is 13.8. The van der Waals surface area contributed by atoms with Crippen LogP contribution in [0.4, 0.5) is 0 Å². The number of benzene rings is 1. The number of carbonyl (C=O) groups is 1. The quantitative estimate of drug-likeness (QED) is 0.173. The second kappa shape index (κ2) is 16.9. The molecule has 1 aromatic rings. The predicted molar refractivity (Wildman–Crippen MR) is 142 cm³/mol. The Kier molecular flexibility index (Phi) is 14.2. The fraction of sp³-hybridized carbons (Fsp3) is 0.700. The molecule has 1 aliphatic carbocycles. The molecule has 0 unspecified atom stereocenters. The lowest BCUT2D eigenvalue weighted by Crippen LogP contribution is -2.38. The van der Waals surface area contributed by atoms with E-state index in [1.807, 2.05) is 18.2 Å². The molecule has 4 heteroatoms. The summed E-state index contributed by atoms with van der Waals surface area (Å²) in [4.78, 5) is 12.1. The zero-order chi connectivity index (χ0) is 24.6. The van der Waals surface area contributed by atoms with Gasteiger partial charge in [0.1, 0.15) is 0 Å². The van der Waals surface area contributed by atoms with E-state index in [-0.39, 0.29) is 11.8 Å². The van der Waals surface area contributed by atoms with Crippen LogP contribution in [0.5, 0.6) is 0 Å². The van der Waals surface area contributed by atoms with E-state index < -0.39 is 18.0 Å². The van der Waals surface area contributed by atoms with Crippen LogP contribution in [-0.2, 0) is 11.2 Å². The first-order valence-corrected chi connectivity index (χ1v) is 13.8. The SMILES string of the molecule is C[C@H](O)[C@H](C(=O)O)[C@H](CCc1ccccc1)[C@H](CCN)CCCCC=CCCC1CCCCC1. The van der Waals surface area contributed by atoms with E-state index in [0.717, 1.165) is 50.9 Å². The van der Waals surface area contributed by atoms with Crippen molar-refractivity contribution in [3.05, 3.63) is 48.0 Å². The fourth-order valence-electron chi connectivity index (χ4n) is 5.93. The van der Waals surface area contributed by atoms with Crippen molar-refractivity contribution in [1.82, 2.24) is 0 Å². The zero-order valence-corrected chi connectivity index (χ0v) is 21.4. The number of hydrogen-bond donors (Lipinski definition) is 3. The molecule has 0 amide bonds. The molecule has 4 nitrogen and oxygen atoms in total. The van der Waals surface area contributed by atoms with Gasteiger partial charge in [0.05, 0.1) is 12.0 Å². The highest BCUT2D eigenvalue weighted by Gasteiger charge is 2.36. The van der Waals surface area contributed by atoms with Gasteiger partial charge in [-0.05, 0) is 81.7 Å². The van der Waals surface area contributed by atoms with Crippen LogP contribution in [0, 0.1) is 23.7 Å². The Hall–Kier alpha value is -1.65. The van der Waals surface area contributed by atoms with E-state index in [0.29, 0.717) is 6.54 Å². The number of carboxylic acids is 1. The normalized spacial score (nSPS) is 18.6. The minimum absolute atomic E-state index is 0.0766. The van der Waals surface area contributed by atoms with Crippen molar-refractivity contribution in [3.8, 4) is 0 Å². The Bertz CT molecular complexity index is 682. The number of hydrogen-bond acceptors (Lipinski definition) is 3. The van der Waals surface area contributed by atoms with Crippen LogP contribution in [0.1, 0.15) is 96.0 Å². The standard InChI is InChI=1S/C30H49NO3/c1-24(32)29(30(33)34)28(21-20-26-17-11-7-12-18-26)27(22-23-31)19-13-5-3-2-4-8-14-25-15-9-6-10-16-25/h2,4,7,11-12,17-18,24-25,27-29,32H,3,5-6,8-10,13-16,19-23,31H2,1H3,(H,33,34)/t24-,27-,28+,29-/m0/s1. The molecule has 2 rings (SSSR count). The zero-order valence-electron chi connectivity index (χ0n) is 21.4. The first kappa shape index (κ1) is 28.6. The Morgan fingerprint density at radius 3 is 2.38 bits per heavy atom. The number of nitrogens with two attached hydrogens (primary N) is 1. The highest BCUT2D eigenvalue weighted by Crippen LogP contribution is 2.35. The Morgan fingerprint density at radius 1 is 1.03 bits per heavy atom. The van der Waals surface area contributed by atoms with Crippen molar-refractivity contribution in [2.45, 2.75) is 103 Å². The first-order chi connectivity index (χ1) is 16.5. The molecule has 0 aromatic heterocycles. The minimum atomic E-state index is -0.893. The van der Waals surface area contributed by atoms with E-state index in [1.54, 1.807) is 6.92 Å². The molecule has 1 fully saturated rings. The second-order valence-corrected chi connectivity index (χ2v) is 10.5. The predicted octanol–water partition coefficient (Wildman–Crippen LogP) is 6.76. The van der Waals surface area contributed by atoms with Gasteiger partial charge in [-0.25, -0.2) is 0 Å². The molecule has 4 atom stereocenters. The summed E-state index contributed by atoms with van der Waals surface area (Å²) in [5.74, 6) is -0.553. The maximum absolute atomic E-state index is 12.1. The average molecular weight is 472 g/mol. The van der Waals surface area contributed by atoms with Crippen molar-refractivity contribution in [2.75, 3.05) is 6.54 Å². The van der Waals surface area contributed by atoms with Crippen molar-refractivity contribution in [1.29, 1.82) is 0 Å².